The summed E-state index contributed by atoms with van der Waals surface area (Å²) in [4.78, 5) is 1.67. The maximum Gasteiger partial charge on any atom is 0.200 e. The molecule has 0 saturated heterocycles. The lowest BCUT2D eigenvalue weighted by molar-refractivity contribution is 0.379. The van der Waals surface area contributed by atoms with Crippen molar-refractivity contribution >= 4 is 22.7 Å². The quantitative estimate of drug-likeness (QED) is 0.0826. The van der Waals surface area contributed by atoms with Crippen molar-refractivity contribution < 1.29 is 65.9 Å². The van der Waals surface area contributed by atoms with Crippen LogP contribution in [0.15, 0.2) is 5.03 Å². The second kappa shape index (κ2) is 9.13. The van der Waals surface area contributed by atoms with Gasteiger partial charge in [-0.1, -0.05) is 0 Å². The maximum atomic E-state index is 14.8. The zero-order chi connectivity index (χ0) is 28.3. The van der Waals surface area contributed by atoms with Crippen molar-refractivity contribution in [3.8, 4) is 0 Å². The molecule has 0 radical (unpaired) electrons. The predicted molar refractivity (Wildman–Crippen MR) is 92.5 cm³/mol. The smallest absolute Gasteiger partial charge is 0.200 e. The Morgan fingerprint density at radius 3 is 0.676 bits per heavy atom. The van der Waals surface area contributed by atoms with Crippen molar-refractivity contribution in [3.05, 3.63) is 97.7 Å². The van der Waals surface area contributed by atoms with Gasteiger partial charge in [-0.15, -0.1) is 16.4 Å². The summed E-state index contributed by atoms with van der Waals surface area (Å²) in [6.07, 6.45) is -6.20. The molecule has 0 aliphatic carbocycles. The fourth-order valence-electron chi connectivity index (χ4n) is 3.65. The molecule has 196 valence electrons. The normalized spacial score (nSPS) is 11.6. The van der Waals surface area contributed by atoms with Crippen molar-refractivity contribution in [2.24, 2.45) is 5.03 Å². The van der Waals surface area contributed by atoms with E-state index in [1.54, 1.807) is 4.91 Å². The molecule has 0 heterocycles. The summed E-state index contributed by atoms with van der Waals surface area (Å²) in [6.45, 7) is 0. The van der Waals surface area contributed by atoms with Gasteiger partial charge in [0.1, 0.15) is 34.9 Å². The molecule has 0 fully saturated rings. The average Bonchev–Trinajstić information content (AvgIpc) is 2.86. The van der Waals surface area contributed by atoms with Crippen LogP contribution in [-0.2, 0) is 0 Å². The van der Waals surface area contributed by atoms with Crippen LogP contribution in [0.3, 0.4) is 0 Å². The molecule has 0 aromatic heterocycles. The fraction of sp³-hybridized carbons (Fsp3) is 0. The number of hydrogen-bond donors (Lipinski definition) is 0. The van der Waals surface area contributed by atoms with Crippen LogP contribution in [0.1, 0.15) is 0 Å². The van der Waals surface area contributed by atoms with Gasteiger partial charge in [-0.3, -0.25) is 5.03 Å². The molecule has 19 heteroatoms. The summed E-state index contributed by atoms with van der Waals surface area (Å²) in [7, 11) is 0. The monoisotopic (exact) mass is 554 g/mol. The summed E-state index contributed by atoms with van der Waals surface area (Å²) in [5.74, 6) is -47.8. The van der Waals surface area contributed by atoms with E-state index in [1.807, 2.05) is 0 Å². The minimum absolute atomic E-state index is 1.67. The first-order chi connectivity index (χ1) is 17.1. The van der Waals surface area contributed by atoms with Crippen LogP contribution in [0.25, 0.3) is 10.4 Å². The van der Waals surface area contributed by atoms with E-state index in [0.717, 1.165) is 0 Å². The first-order valence-corrected chi connectivity index (χ1v) is 8.86. The molecule has 0 aliphatic rings. The van der Waals surface area contributed by atoms with E-state index in [1.165, 1.54) is 0 Å². The molecule has 0 atom stereocenters. The molecular formula is C18BF15N3-. The van der Waals surface area contributed by atoms with Crippen molar-refractivity contribution in [1.82, 2.24) is 0 Å². The Kier molecular flexibility index (Phi) is 6.81. The molecule has 3 rings (SSSR count). The van der Waals surface area contributed by atoms with Crippen molar-refractivity contribution in [2.45, 2.75) is 0 Å². The van der Waals surface area contributed by atoms with E-state index >= 15 is 0 Å². The van der Waals surface area contributed by atoms with Gasteiger partial charge in [-0.05, 0) is 10.4 Å². The Bertz CT molecular complexity index is 1300. The average molecular weight is 554 g/mol. The van der Waals surface area contributed by atoms with Gasteiger partial charge in [0.05, 0.1) is 0 Å². The molecule has 0 amide bonds. The van der Waals surface area contributed by atoms with Crippen molar-refractivity contribution in [2.75, 3.05) is 0 Å². The van der Waals surface area contributed by atoms with Gasteiger partial charge in [0.2, 0.25) is 0 Å². The van der Waals surface area contributed by atoms with E-state index in [4.69, 9.17) is 5.53 Å². The molecule has 0 bridgehead atoms. The minimum Gasteiger partial charge on any atom is -0.282 e. The first-order valence-electron chi connectivity index (χ1n) is 8.86. The van der Waals surface area contributed by atoms with Crippen LogP contribution in [-0.4, -0.2) is 6.28 Å². The van der Waals surface area contributed by atoms with E-state index in [2.05, 4.69) is 5.03 Å². The number of hydrogen-bond acceptors (Lipinski definition) is 1. The Hall–Kier alpha value is -4.02. The second-order valence-electron chi connectivity index (χ2n) is 6.98. The summed E-state index contributed by atoms with van der Waals surface area (Å²) < 4.78 is 213. The summed E-state index contributed by atoms with van der Waals surface area (Å²) in [5, 5.41) is 2.20. The van der Waals surface area contributed by atoms with Gasteiger partial charge in [0.25, 0.3) is 0 Å². The molecule has 0 spiro atoms. The van der Waals surface area contributed by atoms with Gasteiger partial charge >= 0.3 is 0 Å². The van der Waals surface area contributed by atoms with E-state index in [-0.39, 0.29) is 0 Å². The van der Waals surface area contributed by atoms with Gasteiger partial charge in [-0.25, -0.2) is 65.9 Å². The van der Waals surface area contributed by atoms with Crippen LogP contribution in [0.2, 0.25) is 0 Å². The highest BCUT2D eigenvalue weighted by atomic mass is 19.2. The molecule has 0 aliphatic heterocycles. The molecule has 37 heavy (non-hydrogen) atoms. The third-order valence-electron chi connectivity index (χ3n) is 5.21. The largest absolute Gasteiger partial charge is 0.282 e. The molecule has 0 saturated carbocycles. The number of nitrogens with zero attached hydrogens (tertiary/aromatic N) is 3. The number of halogens is 15. The minimum atomic E-state index is -6.20. The maximum absolute atomic E-state index is 14.8. The lowest BCUT2D eigenvalue weighted by atomic mass is 9.24. The first kappa shape index (κ1) is 27.6. The Morgan fingerprint density at radius 2 is 0.514 bits per heavy atom. The standard InChI is InChI=1S/C18BF15N3/c20-4-1(5(21)11(27)16(32)10(4)26)19(36-37-35,2-6(22)12(28)17(33)13(29)7(2)23)3-8(24)14(30)18(34)15(31)9(3)25/q-1. The molecule has 0 N–H and O–H groups in total. The van der Waals surface area contributed by atoms with Crippen LogP contribution < -0.4 is 16.4 Å². The van der Waals surface area contributed by atoms with Crippen molar-refractivity contribution in [1.29, 1.82) is 0 Å². The molecule has 3 aromatic carbocycles. The summed E-state index contributed by atoms with van der Waals surface area (Å²) >= 11 is 0. The van der Waals surface area contributed by atoms with Gasteiger partial charge < -0.3 is 0 Å². The third kappa shape index (κ3) is 3.55. The topological polar surface area (TPSA) is 48.8 Å². The SMILES string of the molecule is [N-]=[N+]=N[B-](c1c(F)c(F)c(F)c(F)c1F)(c1c(F)c(F)c(F)c(F)c1F)c1c(F)c(F)c(F)c(F)c1F. The highest BCUT2D eigenvalue weighted by Crippen LogP contribution is 2.28. The van der Waals surface area contributed by atoms with Crippen molar-refractivity contribution in [3.63, 3.8) is 0 Å². The van der Waals surface area contributed by atoms with Gasteiger partial charge in [-0.2, -0.15) is 0 Å². The number of azide groups is 1. The fourth-order valence-corrected chi connectivity index (χ4v) is 3.65. The van der Waals surface area contributed by atoms with Crippen LogP contribution in [0.4, 0.5) is 65.9 Å². The number of rotatable bonds is 4. The summed E-state index contributed by atoms with van der Waals surface area (Å²) in [5.41, 5.74) is -0.133. The third-order valence-corrected chi connectivity index (χ3v) is 5.21. The predicted octanol–water partition coefficient (Wildman–Crippen LogP) is 5.05. The highest BCUT2D eigenvalue weighted by Gasteiger charge is 2.47. The van der Waals surface area contributed by atoms with Gasteiger partial charge in [0, 0.05) is 0 Å². The molecule has 0 unspecified atom stereocenters. The van der Waals surface area contributed by atoms with Gasteiger partial charge in [0.15, 0.2) is 58.6 Å². The molecule has 3 nitrogen and oxygen atoms in total. The number of benzene rings is 3. The molecular weight excluding hydrogens is 554 g/mol. The van der Waals surface area contributed by atoms with Crippen LogP contribution in [0.5, 0.6) is 0 Å². The Labute approximate surface area is 192 Å². The van der Waals surface area contributed by atoms with E-state index < -0.39 is 110 Å². The summed E-state index contributed by atoms with van der Waals surface area (Å²) in [6, 6.07) is 0. The lowest BCUT2D eigenvalue weighted by Crippen LogP contribution is -2.72. The Morgan fingerprint density at radius 1 is 0.351 bits per heavy atom. The molecule has 3 aromatic rings. The zero-order valence-electron chi connectivity index (χ0n) is 16.6. The highest BCUT2D eigenvalue weighted by molar-refractivity contribution is 7.10. The van der Waals surface area contributed by atoms with E-state index in [0.29, 0.717) is 0 Å². The Balaban J connectivity index is 2.91. The zero-order valence-corrected chi connectivity index (χ0v) is 16.6. The van der Waals surface area contributed by atoms with Crippen LogP contribution in [0, 0.1) is 87.3 Å². The van der Waals surface area contributed by atoms with E-state index in [9.17, 15) is 65.9 Å². The second-order valence-corrected chi connectivity index (χ2v) is 6.98. The lowest BCUT2D eigenvalue weighted by Gasteiger charge is -2.40. The van der Waals surface area contributed by atoms with Crippen LogP contribution >= 0.6 is 0 Å².